The van der Waals surface area contributed by atoms with Gasteiger partial charge in [0.15, 0.2) is 0 Å². The van der Waals surface area contributed by atoms with Gasteiger partial charge < -0.3 is 14.5 Å². The maximum Gasteiger partial charge on any atom is 0.420 e. The van der Waals surface area contributed by atoms with Gasteiger partial charge in [0.05, 0.1) is 17.0 Å². The summed E-state index contributed by atoms with van der Waals surface area (Å²) in [5, 5.41) is 2.65. The van der Waals surface area contributed by atoms with Gasteiger partial charge in [-0.1, -0.05) is 12.1 Å². The lowest BCUT2D eigenvalue weighted by molar-refractivity contribution is -0.136. The number of furan rings is 1. The van der Waals surface area contributed by atoms with Crippen molar-refractivity contribution in [2.75, 3.05) is 13.1 Å². The molecule has 2 heterocycles. The standard InChI is InChI=1S/C26H27F5N2O4S/c1-24(2,3)37-23(34)32-15-19-13-18-12-17(14-21(22(18)36-19)26(29,30)31)16-4-6-20(7-5-16)38(35)33-10-8-25(27,28)9-11-33/h4-7,12-14H,8-11,15H2,1-3H3,(H,32,34). The number of halogens is 5. The number of benzene rings is 2. The topological polar surface area (TPSA) is 71.8 Å². The molecule has 0 spiro atoms. The summed E-state index contributed by atoms with van der Waals surface area (Å²) in [6, 6.07) is 10.0. The largest absolute Gasteiger partial charge is 0.459 e. The summed E-state index contributed by atoms with van der Waals surface area (Å²) >= 11 is 0. The van der Waals surface area contributed by atoms with Gasteiger partial charge >= 0.3 is 12.3 Å². The minimum absolute atomic E-state index is 0.0153. The van der Waals surface area contributed by atoms with Gasteiger partial charge in [-0.3, -0.25) is 0 Å². The third-order valence-electron chi connectivity index (χ3n) is 5.86. The summed E-state index contributed by atoms with van der Waals surface area (Å²) in [7, 11) is -1.66. The highest BCUT2D eigenvalue weighted by Gasteiger charge is 2.37. The molecule has 1 saturated heterocycles. The van der Waals surface area contributed by atoms with Crippen molar-refractivity contribution in [3.8, 4) is 11.1 Å². The Morgan fingerprint density at radius 3 is 2.26 bits per heavy atom. The number of alkyl halides is 5. The van der Waals surface area contributed by atoms with Gasteiger partial charge in [-0.05, 0) is 62.2 Å². The predicted octanol–water partition coefficient (Wildman–Crippen LogP) is 6.90. The quantitative estimate of drug-likeness (QED) is 0.346. The second-order valence-electron chi connectivity index (χ2n) is 10.1. The molecule has 1 aliphatic rings. The van der Waals surface area contributed by atoms with Gasteiger partial charge in [0.25, 0.3) is 5.92 Å². The van der Waals surface area contributed by atoms with Gasteiger partial charge in [-0.15, -0.1) is 0 Å². The van der Waals surface area contributed by atoms with Crippen molar-refractivity contribution in [3.05, 3.63) is 53.8 Å². The lowest BCUT2D eigenvalue weighted by Crippen LogP contribution is -2.40. The summed E-state index contributed by atoms with van der Waals surface area (Å²) in [5.74, 6) is -2.65. The number of hydrogen-bond acceptors (Lipinski definition) is 4. The van der Waals surface area contributed by atoms with Crippen molar-refractivity contribution < 1.29 is 40.1 Å². The normalized spacial score (nSPS) is 17.4. The Kier molecular flexibility index (Phi) is 7.59. The van der Waals surface area contributed by atoms with E-state index in [2.05, 4.69) is 5.32 Å². The van der Waals surface area contributed by atoms with Crippen molar-refractivity contribution in [2.45, 2.75) is 62.8 Å². The zero-order valence-electron chi connectivity index (χ0n) is 21.0. The smallest absolute Gasteiger partial charge is 0.420 e. The summed E-state index contributed by atoms with van der Waals surface area (Å²) in [6.45, 7) is 4.86. The molecule has 1 aliphatic heterocycles. The van der Waals surface area contributed by atoms with Crippen LogP contribution in [0, 0.1) is 0 Å². The van der Waals surface area contributed by atoms with E-state index in [-0.39, 0.29) is 54.8 Å². The summed E-state index contributed by atoms with van der Waals surface area (Å²) in [6.07, 6.45) is -6.20. The number of ether oxygens (including phenoxy) is 1. The first-order chi connectivity index (χ1) is 17.6. The zero-order valence-corrected chi connectivity index (χ0v) is 21.8. The third-order valence-corrected chi connectivity index (χ3v) is 7.37. The molecule has 6 nitrogen and oxygen atoms in total. The fourth-order valence-electron chi connectivity index (χ4n) is 4.04. The molecule has 0 radical (unpaired) electrons. The van der Waals surface area contributed by atoms with Crippen LogP contribution in [0.2, 0.25) is 0 Å². The Morgan fingerprint density at radius 1 is 1.05 bits per heavy atom. The number of amides is 1. The molecule has 4 rings (SSSR count). The molecule has 1 aromatic heterocycles. The first-order valence-corrected chi connectivity index (χ1v) is 13.0. The van der Waals surface area contributed by atoms with Crippen LogP contribution in [0.25, 0.3) is 22.1 Å². The van der Waals surface area contributed by atoms with Crippen molar-refractivity contribution in [2.24, 2.45) is 0 Å². The number of nitrogens with one attached hydrogen (secondary N) is 1. The number of hydrogen-bond donors (Lipinski definition) is 1. The highest BCUT2D eigenvalue weighted by Crippen LogP contribution is 2.39. The van der Waals surface area contributed by atoms with Crippen LogP contribution in [0.5, 0.6) is 0 Å². The van der Waals surface area contributed by atoms with Crippen LogP contribution >= 0.6 is 0 Å². The summed E-state index contributed by atoms with van der Waals surface area (Å²) in [4.78, 5) is 12.3. The minimum Gasteiger partial charge on any atom is -0.459 e. The fourth-order valence-corrected chi connectivity index (χ4v) is 5.22. The Balaban J connectivity index is 1.57. The zero-order chi connectivity index (χ0) is 27.9. The number of fused-ring (bicyclic) bond motifs is 1. The van der Waals surface area contributed by atoms with Crippen LogP contribution in [0.15, 0.2) is 51.8 Å². The number of carbonyl (C=O) groups excluding carboxylic acids is 1. The fraction of sp³-hybridized carbons (Fsp3) is 0.423. The highest BCUT2D eigenvalue weighted by atomic mass is 32.2. The number of carbonyl (C=O) groups is 1. The van der Waals surface area contributed by atoms with E-state index in [0.29, 0.717) is 10.5 Å². The number of piperidine rings is 1. The Bertz CT molecular complexity index is 1340. The van der Waals surface area contributed by atoms with E-state index in [1.54, 1.807) is 20.8 Å². The van der Waals surface area contributed by atoms with Crippen molar-refractivity contribution in [1.82, 2.24) is 9.62 Å². The first-order valence-electron chi connectivity index (χ1n) is 11.9. The number of nitrogens with zero attached hydrogens (tertiary/aromatic N) is 1. The molecule has 1 fully saturated rings. The molecule has 0 saturated carbocycles. The molecule has 3 aromatic rings. The van der Waals surface area contributed by atoms with E-state index in [0.717, 1.165) is 6.07 Å². The maximum atomic E-state index is 13.9. The minimum atomic E-state index is -4.71. The molecule has 2 aromatic carbocycles. The monoisotopic (exact) mass is 558 g/mol. The summed E-state index contributed by atoms with van der Waals surface area (Å²) < 4.78 is 93.4. The molecule has 1 amide bonds. The Labute approximate surface area is 218 Å². The van der Waals surface area contributed by atoms with E-state index in [1.165, 1.54) is 40.7 Å². The molecule has 12 heteroatoms. The van der Waals surface area contributed by atoms with Crippen LogP contribution in [0.1, 0.15) is 44.9 Å². The first kappa shape index (κ1) is 28.0. The highest BCUT2D eigenvalue weighted by molar-refractivity contribution is 7.82. The Morgan fingerprint density at radius 2 is 1.68 bits per heavy atom. The molecule has 0 bridgehead atoms. The van der Waals surface area contributed by atoms with Crippen LogP contribution in [-0.4, -0.2) is 39.2 Å². The molecular weight excluding hydrogens is 531 g/mol. The van der Waals surface area contributed by atoms with E-state index in [1.807, 2.05) is 0 Å². The SMILES string of the molecule is CC(C)(C)OC(=O)NCc1cc2cc(-c3ccc(S(=O)N4CCC(F)(F)CC4)cc3)cc(C(F)(F)F)c2o1. The molecule has 1 N–H and O–H groups in total. The molecule has 206 valence electrons. The van der Waals surface area contributed by atoms with Gasteiger partial charge in [-0.2, -0.15) is 13.2 Å². The second kappa shape index (κ2) is 10.3. The average Bonchev–Trinajstić information content (AvgIpc) is 3.23. The lowest BCUT2D eigenvalue weighted by Gasteiger charge is -2.30. The number of alkyl carbamates (subject to hydrolysis) is 1. The van der Waals surface area contributed by atoms with Crippen molar-refractivity contribution in [3.63, 3.8) is 0 Å². The lowest BCUT2D eigenvalue weighted by atomic mass is 10.0. The predicted molar refractivity (Wildman–Crippen MR) is 132 cm³/mol. The van der Waals surface area contributed by atoms with Crippen LogP contribution in [-0.2, 0) is 28.4 Å². The van der Waals surface area contributed by atoms with E-state index < -0.39 is 40.3 Å². The molecular formula is C26H27F5N2O4S. The molecule has 1 atom stereocenters. The van der Waals surface area contributed by atoms with Gasteiger partial charge in [0, 0.05) is 31.3 Å². The maximum absolute atomic E-state index is 13.9. The second-order valence-corrected chi connectivity index (χ2v) is 11.6. The van der Waals surface area contributed by atoms with Gasteiger partial charge in [0.1, 0.15) is 27.9 Å². The number of rotatable bonds is 5. The molecule has 38 heavy (non-hydrogen) atoms. The third kappa shape index (κ3) is 6.71. The van der Waals surface area contributed by atoms with E-state index in [4.69, 9.17) is 9.15 Å². The van der Waals surface area contributed by atoms with Gasteiger partial charge in [0.2, 0.25) is 0 Å². The average molecular weight is 559 g/mol. The van der Waals surface area contributed by atoms with E-state index >= 15 is 0 Å². The molecule has 0 aliphatic carbocycles. The van der Waals surface area contributed by atoms with E-state index in [9.17, 15) is 31.0 Å². The van der Waals surface area contributed by atoms with Crippen molar-refractivity contribution in [1.29, 1.82) is 0 Å². The molecule has 1 unspecified atom stereocenters. The van der Waals surface area contributed by atoms with Crippen LogP contribution in [0.3, 0.4) is 0 Å². The van der Waals surface area contributed by atoms with Gasteiger partial charge in [-0.25, -0.2) is 22.1 Å². The van der Waals surface area contributed by atoms with Crippen LogP contribution in [0.4, 0.5) is 26.7 Å². The summed E-state index contributed by atoms with van der Waals surface area (Å²) in [5.41, 5.74) is -1.37. The van der Waals surface area contributed by atoms with Crippen molar-refractivity contribution >= 4 is 28.0 Å². The van der Waals surface area contributed by atoms with Crippen LogP contribution < -0.4 is 5.32 Å². The Hall–Kier alpha value is -2.99.